The maximum Gasteiger partial charge on any atom is 0.260 e. The quantitative estimate of drug-likeness (QED) is 0.257. The number of thiophene rings is 1. The van der Waals surface area contributed by atoms with E-state index in [4.69, 9.17) is 4.74 Å². The van der Waals surface area contributed by atoms with Crippen LogP contribution in [0, 0.1) is 0 Å². The molecule has 1 aliphatic carbocycles. The zero-order valence-electron chi connectivity index (χ0n) is 18.8. The van der Waals surface area contributed by atoms with E-state index in [0.29, 0.717) is 27.7 Å². The van der Waals surface area contributed by atoms with Gasteiger partial charge < -0.3 is 15.0 Å². The molecule has 34 heavy (non-hydrogen) atoms. The fraction of sp³-hybridized carbons (Fsp3) is 0.269. The predicted octanol–water partition coefficient (Wildman–Crippen LogP) is 5.66. The van der Waals surface area contributed by atoms with Crippen LogP contribution in [-0.2, 0) is 17.6 Å². The maximum atomic E-state index is 12.9. The second-order valence-electron chi connectivity index (χ2n) is 8.19. The molecule has 0 spiro atoms. The molecule has 1 amide bonds. The topological polar surface area (TPSA) is 84.1 Å². The Morgan fingerprint density at radius 1 is 1.15 bits per heavy atom. The number of rotatable bonds is 7. The molecule has 0 saturated heterocycles. The molecule has 0 fully saturated rings. The fourth-order valence-corrected chi connectivity index (χ4v) is 5.91. The highest BCUT2D eigenvalue weighted by atomic mass is 32.2. The van der Waals surface area contributed by atoms with Crippen molar-refractivity contribution in [2.45, 2.75) is 37.8 Å². The molecule has 1 aliphatic rings. The van der Waals surface area contributed by atoms with Crippen LogP contribution in [-0.4, -0.2) is 28.2 Å². The van der Waals surface area contributed by atoms with Crippen molar-refractivity contribution in [3.63, 3.8) is 0 Å². The van der Waals surface area contributed by atoms with Gasteiger partial charge in [0.2, 0.25) is 5.91 Å². The number of nitrogens with zero attached hydrogens (tertiary/aromatic N) is 1. The van der Waals surface area contributed by atoms with Crippen LogP contribution in [0.5, 0.6) is 5.75 Å². The minimum Gasteiger partial charge on any atom is -0.494 e. The Labute approximate surface area is 205 Å². The van der Waals surface area contributed by atoms with Crippen LogP contribution in [0.3, 0.4) is 0 Å². The number of fused-ring (bicyclic) bond motifs is 2. The number of thioether (sulfide) groups is 1. The lowest BCUT2D eigenvalue weighted by atomic mass is 9.89. The summed E-state index contributed by atoms with van der Waals surface area (Å²) in [5.74, 6) is 0.735. The minimum absolute atomic E-state index is 0.144. The average molecular weight is 492 g/mol. The van der Waals surface area contributed by atoms with Gasteiger partial charge in [-0.05, 0) is 73.6 Å². The number of benzene rings is 2. The van der Waals surface area contributed by atoms with Gasteiger partial charge in [0, 0.05) is 16.6 Å². The number of aromatic amines is 1. The van der Waals surface area contributed by atoms with E-state index in [2.05, 4.69) is 33.5 Å². The predicted molar refractivity (Wildman–Crippen MR) is 139 cm³/mol. The Morgan fingerprint density at radius 2 is 1.94 bits per heavy atom. The van der Waals surface area contributed by atoms with E-state index in [0.717, 1.165) is 29.7 Å². The Kier molecular flexibility index (Phi) is 6.69. The molecule has 2 heterocycles. The first-order valence-electron chi connectivity index (χ1n) is 11.4. The fourth-order valence-electron chi connectivity index (χ4n) is 4.24. The molecular weight excluding hydrogens is 466 g/mol. The van der Waals surface area contributed by atoms with E-state index in [1.807, 2.05) is 24.4 Å². The third-order valence-corrected chi connectivity index (χ3v) is 7.62. The molecule has 0 radical (unpaired) electrons. The van der Waals surface area contributed by atoms with Crippen LogP contribution in [0.1, 0.15) is 30.9 Å². The number of nitrogens with one attached hydrogen (secondary N) is 2. The second kappa shape index (κ2) is 10.0. The number of carbonyl (C=O) groups excluding carboxylic acids is 1. The van der Waals surface area contributed by atoms with Gasteiger partial charge in [0.15, 0.2) is 5.16 Å². The molecule has 6 nitrogen and oxygen atoms in total. The Hall–Kier alpha value is -3.10. The van der Waals surface area contributed by atoms with Gasteiger partial charge in [-0.25, -0.2) is 4.98 Å². The van der Waals surface area contributed by atoms with Gasteiger partial charge in [-0.1, -0.05) is 30.0 Å². The molecule has 8 heteroatoms. The Morgan fingerprint density at radius 3 is 2.74 bits per heavy atom. The van der Waals surface area contributed by atoms with Crippen LogP contribution in [0.2, 0.25) is 0 Å². The van der Waals surface area contributed by atoms with Crippen molar-refractivity contribution in [2.24, 2.45) is 0 Å². The summed E-state index contributed by atoms with van der Waals surface area (Å²) < 4.78 is 5.41. The van der Waals surface area contributed by atoms with Crippen LogP contribution >= 0.6 is 23.1 Å². The van der Waals surface area contributed by atoms with Crippen LogP contribution in [0.4, 0.5) is 5.69 Å². The van der Waals surface area contributed by atoms with Crippen LogP contribution < -0.4 is 15.6 Å². The van der Waals surface area contributed by atoms with Gasteiger partial charge in [-0.2, -0.15) is 0 Å². The molecule has 0 bridgehead atoms. The van der Waals surface area contributed by atoms with E-state index in [9.17, 15) is 9.59 Å². The minimum atomic E-state index is -0.173. The largest absolute Gasteiger partial charge is 0.494 e. The number of anilines is 1. The monoisotopic (exact) mass is 491 g/mol. The number of aryl methyl sites for hydroxylation is 2. The van der Waals surface area contributed by atoms with Gasteiger partial charge in [-0.3, -0.25) is 9.59 Å². The smallest absolute Gasteiger partial charge is 0.260 e. The maximum absolute atomic E-state index is 12.9. The lowest BCUT2D eigenvalue weighted by Gasteiger charge is -2.16. The highest BCUT2D eigenvalue weighted by Gasteiger charge is 2.16. The summed E-state index contributed by atoms with van der Waals surface area (Å²) in [6.07, 6.45) is 4.69. The molecule has 0 aliphatic heterocycles. The number of carbonyl (C=O) groups is 1. The Balaban J connectivity index is 1.29. The molecule has 4 aromatic rings. The number of hydrogen-bond donors (Lipinski definition) is 2. The first-order chi connectivity index (χ1) is 16.6. The third-order valence-electron chi connectivity index (χ3n) is 5.87. The van der Waals surface area contributed by atoms with Crippen molar-refractivity contribution in [1.29, 1.82) is 0 Å². The molecule has 2 aromatic carbocycles. The zero-order chi connectivity index (χ0) is 23.5. The van der Waals surface area contributed by atoms with Gasteiger partial charge in [0.1, 0.15) is 10.6 Å². The van der Waals surface area contributed by atoms with Gasteiger partial charge in [0.25, 0.3) is 5.56 Å². The van der Waals surface area contributed by atoms with Crippen molar-refractivity contribution in [3.8, 4) is 16.9 Å². The normalized spacial score (nSPS) is 13.0. The highest BCUT2D eigenvalue weighted by Crippen LogP contribution is 2.34. The van der Waals surface area contributed by atoms with Crippen molar-refractivity contribution < 1.29 is 9.53 Å². The molecule has 0 atom stereocenters. The summed E-state index contributed by atoms with van der Waals surface area (Å²) in [7, 11) is 0. The first kappa shape index (κ1) is 22.7. The first-order valence-corrected chi connectivity index (χ1v) is 13.3. The van der Waals surface area contributed by atoms with Gasteiger partial charge in [0.05, 0.1) is 17.7 Å². The van der Waals surface area contributed by atoms with Crippen LogP contribution in [0.25, 0.3) is 21.3 Å². The number of ether oxygens (including phenoxy) is 1. The van der Waals surface area contributed by atoms with E-state index in [1.54, 1.807) is 12.1 Å². The van der Waals surface area contributed by atoms with Gasteiger partial charge >= 0.3 is 0 Å². The molecule has 2 N–H and O–H groups in total. The van der Waals surface area contributed by atoms with Crippen molar-refractivity contribution in [3.05, 3.63) is 69.3 Å². The van der Waals surface area contributed by atoms with Crippen molar-refractivity contribution >= 4 is 44.9 Å². The number of hydrogen-bond acceptors (Lipinski definition) is 6. The van der Waals surface area contributed by atoms with E-state index < -0.39 is 0 Å². The van der Waals surface area contributed by atoms with Crippen molar-refractivity contribution in [1.82, 2.24) is 9.97 Å². The number of amides is 1. The number of H-pyrrole nitrogens is 1. The Bertz CT molecular complexity index is 1390. The van der Waals surface area contributed by atoms with Crippen molar-refractivity contribution in [2.75, 3.05) is 17.7 Å². The van der Waals surface area contributed by atoms with E-state index in [1.165, 1.54) is 47.1 Å². The summed E-state index contributed by atoms with van der Waals surface area (Å²) in [6, 6.07) is 13.8. The molecular formula is C26H25N3O3S2. The highest BCUT2D eigenvalue weighted by molar-refractivity contribution is 7.99. The SMILES string of the molecule is CCOc1ccc(NC(=O)CSc2nc3scc(-c4ccc5c(c4)CCCC5)c3c(=O)[nH]2)cc1. The lowest BCUT2D eigenvalue weighted by Crippen LogP contribution is -2.15. The zero-order valence-corrected chi connectivity index (χ0v) is 20.5. The molecule has 174 valence electrons. The second-order valence-corrected chi connectivity index (χ2v) is 10.0. The van der Waals surface area contributed by atoms with Crippen LogP contribution in [0.15, 0.2) is 57.8 Å². The van der Waals surface area contributed by atoms with E-state index in [-0.39, 0.29) is 17.2 Å². The third kappa shape index (κ3) is 4.88. The summed E-state index contributed by atoms with van der Waals surface area (Å²) in [4.78, 5) is 33.5. The molecule has 5 rings (SSSR count). The molecule has 0 saturated carbocycles. The summed E-state index contributed by atoms with van der Waals surface area (Å²) in [5, 5.41) is 5.91. The lowest BCUT2D eigenvalue weighted by molar-refractivity contribution is -0.113. The van der Waals surface area contributed by atoms with Gasteiger partial charge in [-0.15, -0.1) is 11.3 Å². The summed E-state index contributed by atoms with van der Waals surface area (Å²) in [6.45, 7) is 2.52. The molecule has 0 unspecified atom stereocenters. The standard InChI is InChI=1S/C26H25N3O3S2/c1-2-32-20-11-9-19(10-12-20)27-22(30)15-34-26-28-24(31)23-21(14-33-25(23)29-26)18-8-7-16-5-3-4-6-17(16)13-18/h7-14H,2-6,15H2,1H3,(H,27,30)(H,28,29,31). The number of aromatic nitrogens is 2. The average Bonchev–Trinajstić information content (AvgIpc) is 3.28. The van der Waals surface area contributed by atoms with E-state index >= 15 is 0 Å². The molecule has 2 aromatic heterocycles. The summed E-state index contributed by atoms with van der Waals surface area (Å²) >= 11 is 2.67. The summed E-state index contributed by atoms with van der Waals surface area (Å²) in [5.41, 5.74) is 5.32.